The quantitative estimate of drug-likeness (QED) is 0.895. The molecule has 0 spiro atoms. The SMILES string of the molecule is Cc1cc(NC(=O)CC2CSCCS2)ccc1C(=O)O. The largest absolute Gasteiger partial charge is 0.478 e. The summed E-state index contributed by atoms with van der Waals surface area (Å²) in [4.78, 5) is 22.9. The molecule has 1 saturated heterocycles. The van der Waals surface area contributed by atoms with Gasteiger partial charge in [0.05, 0.1) is 5.56 Å². The van der Waals surface area contributed by atoms with Crippen molar-refractivity contribution >= 4 is 41.1 Å². The Morgan fingerprint density at radius 3 is 2.80 bits per heavy atom. The maximum atomic E-state index is 12.0. The number of rotatable bonds is 4. The molecular weight excluding hydrogens is 294 g/mol. The van der Waals surface area contributed by atoms with Crippen molar-refractivity contribution in [2.24, 2.45) is 0 Å². The molecular formula is C14H17NO3S2. The van der Waals surface area contributed by atoms with Crippen molar-refractivity contribution in [3.05, 3.63) is 29.3 Å². The molecule has 0 aromatic heterocycles. The molecule has 20 heavy (non-hydrogen) atoms. The zero-order valence-corrected chi connectivity index (χ0v) is 12.9. The van der Waals surface area contributed by atoms with Gasteiger partial charge in [0.1, 0.15) is 0 Å². The third-order valence-electron chi connectivity index (χ3n) is 3.04. The molecule has 1 fully saturated rings. The lowest BCUT2D eigenvalue weighted by Crippen LogP contribution is -2.22. The molecule has 2 N–H and O–H groups in total. The van der Waals surface area contributed by atoms with Gasteiger partial charge in [-0.3, -0.25) is 4.79 Å². The van der Waals surface area contributed by atoms with Crippen molar-refractivity contribution in [1.82, 2.24) is 0 Å². The van der Waals surface area contributed by atoms with Crippen molar-refractivity contribution in [2.75, 3.05) is 22.6 Å². The third-order valence-corrected chi connectivity index (χ3v) is 5.88. The number of aryl methyl sites for hydroxylation is 1. The molecule has 1 aromatic rings. The summed E-state index contributed by atoms with van der Waals surface area (Å²) in [6, 6.07) is 4.86. The van der Waals surface area contributed by atoms with Crippen molar-refractivity contribution in [1.29, 1.82) is 0 Å². The van der Waals surface area contributed by atoms with Gasteiger partial charge in [0, 0.05) is 34.6 Å². The summed E-state index contributed by atoms with van der Waals surface area (Å²) in [5, 5.41) is 12.2. The fourth-order valence-corrected chi connectivity index (χ4v) is 4.73. The second kappa shape index (κ2) is 7.04. The minimum atomic E-state index is -0.948. The molecule has 6 heteroatoms. The van der Waals surface area contributed by atoms with Gasteiger partial charge in [0.2, 0.25) is 5.91 Å². The van der Waals surface area contributed by atoms with Crippen LogP contribution in [0.5, 0.6) is 0 Å². The van der Waals surface area contributed by atoms with E-state index in [1.807, 2.05) is 23.5 Å². The van der Waals surface area contributed by atoms with Gasteiger partial charge in [0.25, 0.3) is 0 Å². The number of benzene rings is 1. The first kappa shape index (κ1) is 15.3. The molecule has 1 atom stereocenters. The Kier molecular flexibility index (Phi) is 5.37. The number of hydrogen-bond donors (Lipinski definition) is 2. The Morgan fingerprint density at radius 1 is 1.40 bits per heavy atom. The molecule has 4 nitrogen and oxygen atoms in total. The molecule has 1 amide bonds. The van der Waals surface area contributed by atoms with E-state index in [2.05, 4.69) is 5.32 Å². The number of anilines is 1. The molecule has 1 aliphatic rings. The van der Waals surface area contributed by atoms with Gasteiger partial charge >= 0.3 is 5.97 Å². The number of carbonyl (C=O) groups excluding carboxylic acids is 1. The highest BCUT2D eigenvalue weighted by atomic mass is 32.2. The smallest absolute Gasteiger partial charge is 0.335 e. The first-order chi connectivity index (χ1) is 9.56. The van der Waals surface area contributed by atoms with Gasteiger partial charge in [-0.2, -0.15) is 23.5 Å². The summed E-state index contributed by atoms with van der Waals surface area (Å²) < 4.78 is 0. The molecule has 1 heterocycles. The van der Waals surface area contributed by atoms with E-state index in [9.17, 15) is 9.59 Å². The van der Waals surface area contributed by atoms with Crippen LogP contribution in [0.3, 0.4) is 0 Å². The summed E-state index contributed by atoms with van der Waals surface area (Å²) in [5.74, 6) is 2.34. The van der Waals surface area contributed by atoms with E-state index in [1.54, 1.807) is 19.1 Å². The molecule has 2 rings (SSSR count). The van der Waals surface area contributed by atoms with Crippen molar-refractivity contribution in [3.63, 3.8) is 0 Å². The van der Waals surface area contributed by atoms with Crippen LogP contribution < -0.4 is 5.32 Å². The average molecular weight is 311 g/mol. The zero-order valence-electron chi connectivity index (χ0n) is 11.2. The number of carboxylic acid groups (broad SMARTS) is 1. The maximum absolute atomic E-state index is 12.0. The normalized spacial score (nSPS) is 18.6. The van der Waals surface area contributed by atoms with Crippen LogP contribution in [0.1, 0.15) is 22.3 Å². The topological polar surface area (TPSA) is 66.4 Å². The lowest BCUT2D eigenvalue weighted by Gasteiger charge is -2.20. The van der Waals surface area contributed by atoms with Crippen LogP contribution in [-0.2, 0) is 4.79 Å². The summed E-state index contributed by atoms with van der Waals surface area (Å²) in [6.45, 7) is 1.73. The molecule has 0 aliphatic carbocycles. The van der Waals surface area contributed by atoms with Crippen LogP contribution >= 0.6 is 23.5 Å². The number of aromatic carboxylic acids is 1. The van der Waals surface area contributed by atoms with Gasteiger partial charge < -0.3 is 10.4 Å². The number of nitrogens with one attached hydrogen (secondary N) is 1. The second-order valence-corrected chi connectivity index (χ2v) is 7.21. The van der Waals surface area contributed by atoms with Gasteiger partial charge in [-0.25, -0.2) is 4.79 Å². The third kappa shape index (κ3) is 4.18. The zero-order chi connectivity index (χ0) is 14.5. The predicted octanol–water partition coefficient (Wildman–Crippen LogP) is 2.87. The van der Waals surface area contributed by atoms with E-state index >= 15 is 0 Å². The van der Waals surface area contributed by atoms with Gasteiger partial charge in [0.15, 0.2) is 0 Å². The molecule has 1 unspecified atom stereocenters. The molecule has 108 valence electrons. The first-order valence-corrected chi connectivity index (χ1v) is 8.60. The lowest BCUT2D eigenvalue weighted by molar-refractivity contribution is -0.116. The fourth-order valence-electron chi connectivity index (χ4n) is 2.05. The summed E-state index contributed by atoms with van der Waals surface area (Å²) in [5.41, 5.74) is 1.58. The highest BCUT2D eigenvalue weighted by molar-refractivity contribution is 8.06. The molecule has 1 aromatic carbocycles. The molecule has 0 radical (unpaired) electrons. The first-order valence-electron chi connectivity index (χ1n) is 6.39. The van der Waals surface area contributed by atoms with Crippen molar-refractivity contribution in [2.45, 2.75) is 18.6 Å². The van der Waals surface area contributed by atoms with E-state index in [4.69, 9.17) is 5.11 Å². The van der Waals surface area contributed by atoms with Gasteiger partial charge in [-0.15, -0.1) is 0 Å². The lowest BCUT2D eigenvalue weighted by atomic mass is 10.1. The minimum absolute atomic E-state index is 0.00697. The highest BCUT2D eigenvalue weighted by Gasteiger charge is 2.18. The van der Waals surface area contributed by atoms with Crippen LogP contribution in [0.4, 0.5) is 5.69 Å². The standard InChI is InChI=1S/C14H17NO3S2/c1-9-6-10(2-3-12(9)14(17)18)15-13(16)7-11-8-19-4-5-20-11/h2-3,6,11H,4-5,7-8H2,1H3,(H,15,16)(H,17,18). The monoisotopic (exact) mass is 311 g/mol. The van der Waals surface area contributed by atoms with Crippen molar-refractivity contribution < 1.29 is 14.7 Å². The van der Waals surface area contributed by atoms with E-state index in [0.717, 1.165) is 11.5 Å². The Morgan fingerprint density at radius 2 is 2.20 bits per heavy atom. The Hall–Kier alpha value is -1.14. The Balaban J connectivity index is 1.93. The van der Waals surface area contributed by atoms with Crippen LogP contribution in [0.25, 0.3) is 0 Å². The predicted molar refractivity (Wildman–Crippen MR) is 85.0 cm³/mol. The maximum Gasteiger partial charge on any atom is 0.335 e. The summed E-state index contributed by atoms with van der Waals surface area (Å²) in [7, 11) is 0. The van der Waals surface area contributed by atoms with E-state index in [-0.39, 0.29) is 11.5 Å². The summed E-state index contributed by atoms with van der Waals surface area (Å²) in [6.07, 6.45) is 0.511. The van der Waals surface area contributed by atoms with Gasteiger partial charge in [-0.1, -0.05) is 0 Å². The van der Waals surface area contributed by atoms with E-state index in [0.29, 0.717) is 22.9 Å². The average Bonchev–Trinajstić information content (AvgIpc) is 2.39. The highest BCUT2D eigenvalue weighted by Crippen LogP contribution is 2.26. The van der Waals surface area contributed by atoms with E-state index < -0.39 is 5.97 Å². The number of carboxylic acids is 1. The minimum Gasteiger partial charge on any atom is -0.478 e. The molecule has 1 aliphatic heterocycles. The van der Waals surface area contributed by atoms with Crippen LogP contribution in [0.2, 0.25) is 0 Å². The van der Waals surface area contributed by atoms with Crippen LogP contribution in [0, 0.1) is 6.92 Å². The number of thioether (sulfide) groups is 2. The number of amides is 1. The molecule has 0 saturated carbocycles. The Bertz CT molecular complexity index is 513. The van der Waals surface area contributed by atoms with Crippen LogP contribution in [-0.4, -0.2) is 39.5 Å². The number of hydrogen-bond acceptors (Lipinski definition) is 4. The van der Waals surface area contributed by atoms with E-state index in [1.165, 1.54) is 11.8 Å². The number of carbonyl (C=O) groups is 2. The van der Waals surface area contributed by atoms with Crippen LogP contribution in [0.15, 0.2) is 18.2 Å². The fraction of sp³-hybridized carbons (Fsp3) is 0.429. The second-order valence-electron chi connectivity index (χ2n) is 4.65. The van der Waals surface area contributed by atoms with Gasteiger partial charge in [-0.05, 0) is 30.7 Å². The summed E-state index contributed by atoms with van der Waals surface area (Å²) >= 11 is 3.75. The molecule has 0 bridgehead atoms. The van der Waals surface area contributed by atoms with Crippen molar-refractivity contribution in [3.8, 4) is 0 Å². The Labute approximate surface area is 126 Å².